The third kappa shape index (κ3) is 3.30. The number of carbonyl (C=O) groups is 1. The van der Waals surface area contributed by atoms with Gasteiger partial charge in [-0.15, -0.1) is 0 Å². The van der Waals surface area contributed by atoms with E-state index in [9.17, 15) is 9.59 Å². The van der Waals surface area contributed by atoms with Gasteiger partial charge in [0.05, 0.1) is 11.6 Å². The van der Waals surface area contributed by atoms with Crippen LogP contribution in [0.3, 0.4) is 0 Å². The fourth-order valence-electron chi connectivity index (χ4n) is 3.92. The molecule has 0 aliphatic carbocycles. The molecule has 0 spiro atoms. The van der Waals surface area contributed by atoms with E-state index in [-0.39, 0.29) is 36.8 Å². The molecule has 0 radical (unpaired) electrons. The van der Waals surface area contributed by atoms with E-state index >= 15 is 0 Å². The highest BCUT2D eigenvalue weighted by atomic mass is 32.1. The summed E-state index contributed by atoms with van der Waals surface area (Å²) in [5, 5.41) is 4.77. The number of fused-ring (bicyclic) bond motifs is 1. The van der Waals surface area contributed by atoms with Gasteiger partial charge in [-0.2, -0.15) is 23.6 Å². The predicted molar refractivity (Wildman–Crippen MR) is 125 cm³/mol. The summed E-state index contributed by atoms with van der Waals surface area (Å²) in [6, 6.07) is 6.96. The number of nitrogen functional groups attached to an aromatic ring is 1. The van der Waals surface area contributed by atoms with Crippen LogP contribution in [0.25, 0.3) is 11.3 Å². The van der Waals surface area contributed by atoms with E-state index < -0.39 is 0 Å². The van der Waals surface area contributed by atoms with Crippen LogP contribution in [0.5, 0.6) is 0 Å². The fourth-order valence-corrected chi connectivity index (χ4v) is 3.92. The van der Waals surface area contributed by atoms with Crippen molar-refractivity contribution in [1.82, 2.24) is 29.1 Å². The molecule has 0 unspecified atom stereocenters. The number of pyridine rings is 1. The van der Waals surface area contributed by atoms with E-state index in [1.807, 2.05) is 24.0 Å². The third-order valence-electron chi connectivity index (χ3n) is 5.55. The van der Waals surface area contributed by atoms with Crippen molar-refractivity contribution in [1.29, 1.82) is 0 Å². The average Bonchev–Trinajstić information content (AvgIpc) is 3.09. The van der Waals surface area contributed by atoms with Gasteiger partial charge in [0.1, 0.15) is 17.2 Å². The van der Waals surface area contributed by atoms with Gasteiger partial charge in [0.25, 0.3) is 5.56 Å². The van der Waals surface area contributed by atoms with E-state index in [1.54, 1.807) is 29.0 Å². The number of rotatable bonds is 4. The van der Waals surface area contributed by atoms with E-state index in [0.717, 1.165) is 12.0 Å². The Kier molecular flexibility index (Phi) is 5.43. The maximum Gasteiger partial charge on any atom is 0.284 e. The number of Topliss-reactive ketones (excluding diaryl/α,β-unsaturated/α-hetero) is 1. The quantitative estimate of drug-likeness (QED) is 0.467. The van der Waals surface area contributed by atoms with Crippen LogP contribution in [-0.4, -0.2) is 41.5 Å². The molecule has 164 valence electrons. The number of hydrogen-bond acceptors (Lipinski definition) is 8. The van der Waals surface area contributed by atoms with Crippen molar-refractivity contribution in [3.05, 3.63) is 70.2 Å². The molecule has 1 saturated heterocycles. The number of anilines is 2. The molecule has 32 heavy (non-hydrogen) atoms. The number of hydrogen-bond donors (Lipinski definition) is 1. The second-order valence-corrected chi connectivity index (χ2v) is 7.50. The standard InChI is InChI=1S/C21H20N8O2.H2S/c1-12-6-10-28-17(12)20(31)29(16-5-3-4-8-23-16)19(26-28)15-7-9-27(15)18-14(13(2)30)11-24-21(22)25-18;/h3-6,8,10-11,15H,7,9H2,1-2H3,(H2,22,24,25);1H2/t15-;/m0./s1. The molecule has 0 aromatic carbocycles. The summed E-state index contributed by atoms with van der Waals surface area (Å²) >= 11 is 0. The number of ketones is 1. The van der Waals surface area contributed by atoms with Crippen molar-refractivity contribution in [3.63, 3.8) is 0 Å². The average molecular weight is 451 g/mol. The highest BCUT2D eigenvalue weighted by Gasteiger charge is 2.37. The summed E-state index contributed by atoms with van der Waals surface area (Å²) in [6.07, 6.45) is 5.57. The Hall–Kier alpha value is -3.73. The third-order valence-corrected chi connectivity index (χ3v) is 5.55. The fraction of sp³-hybridized carbons (Fsp3) is 0.238. The summed E-state index contributed by atoms with van der Waals surface area (Å²) in [6.45, 7) is 3.98. The Bertz CT molecular complexity index is 1380. The van der Waals surface area contributed by atoms with Crippen molar-refractivity contribution >= 4 is 36.6 Å². The van der Waals surface area contributed by atoms with Gasteiger partial charge in [0.15, 0.2) is 11.6 Å². The van der Waals surface area contributed by atoms with Crippen LogP contribution in [0, 0.1) is 6.92 Å². The van der Waals surface area contributed by atoms with Crippen LogP contribution in [0.1, 0.15) is 41.1 Å². The van der Waals surface area contributed by atoms with Gasteiger partial charge in [-0.25, -0.2) is 19.1 Å². The van der Waals surface area contributed by atoms with Crippen molar-refractivity contribution in [3.8, 4) is 5.82 Å². The molecule has 10 nitrogen and oxygen atoms in total. The van der Waals surface area contributed by atoms with Gasteiger partial charge in [-0.1, -0.05) is 6.07 Å². The monoisotopic (exact) mass is 450 g/mol. The van der Waals surface area contributed by atoms with Gasteiger partial charge >= 0.3 is 0 Å². The molecule has 0 bridgehead atoms. The zero-order valence-electron chi connectivity index (χ0n) is 17.6. The number of aryl methyl sites for hydroxylation is 1. The van der Waals surface area contributed by atoms with Gasteiger partial charge < -0.3 is 10.6 Å². The molecule has 2 N–H and O–H groups in total. The van der Waals surface area contributed by atoms with Crippen LogP contribution in [0.15, 0.2) is 47.7 Å². The zero-order chi connectivity index (χ0) is 21.7. The molecule has 11 heteroatoms. The molecule has 1 atom stereocenters. The Morgan fingerprint density at radius 1 is 1.22 bits per heavy atom. The summed E-state index contributed by atoms with van der Waals surface area (Å²) in [5.41, 5.74) is 7.31. The molecular formula is C21H22N8O2S. The SMILES string of the molecule is CC(=O)c1cnc(N)nc1N1CC[C@H]1c1nn2ccc(C)c2c(=O)n1-c1ccccn1.S. The van der Waals surface area contributed by atoms with Crippen molar-refractivity contribution < 1.29 is 4.79 Å². The Morgan fingerprint density at radius 3 is 2.69 bits per heavy atom. The summed E-state index contributed by atoms with van der Waals surface area (Å²) < 4.78 is 3.14. The Labute approximate surface area is 190 Å². The first-order valence-corrected chi connectivity index (χ1v) is 9.88. The van der Waals surface area contributed by atoms with E-state index in [4.69, 9.17) is 10.8 Å². The Morgan fingerprint density at radius 2 is 2.03 bits per heavy atom. The first-order valence-electron chi connectivity index (χ1n) is 9.88. The number of aromatic nitrogens is 6. The number of nitrogens with two attached hydrogens (primary N) is 1. The van der Waals surface area contributed by atoms with E-state index in [1.165, 1.54) is 17.7 Å². The van der Waals surface area contributed by atoms with Crippen molar-refractivity contribution in [2.24, 2.45) is 0 Å². The lowest BCUT2D eigenvalue weighted by atomic mass is 10.0. The lowest BCUT2D eigenvalue weighted by molar-refractivity contribution is 0.101. The van der Waals surface area contributed by atoms with Gasteiger partial charge in [-0.3, -0.25) is 9.59 Å². The lowest BCUT2D eigenvalue weighted by Gasteiger charge is -2.42. The van der Waals surface area contributed by atoms with Crippen LogP contribution in [0.4, 0.5) is 11.8 Å². The maximum atomic E-state index is 13.5. The molecular weight excluding hydrogens is 428 g/mol. The van der Waals surface area contributed by atoms with Gasteiger partial charge in [0, 0.05) is 25.1 Å². The maximum absolute atomic E-state index is 13.5. The van der Waals surface area contributed by atoms with E-state index in [0.29, 0.717) is 35.1 Å². The molecule has 5 rings (SSSR count). The second kappa shape index (κ2) is 8.08. The molecule has 0 saturated carbocycles. The molecule has 0 amide bonds. The normalized spacial score (nSPS) is 15.3. The molecule has 4 aromatic rings. The number of nitrogens with zero attached hydrogens (tertiary/aromatic N) is 7. The molecule has 4 aromatic heterocycles. The number of carbonyl (C=O) groups excluding carboxylic acids is 1. The van der Waals surface area contributed by atoms with Gasteiger partial charge in [0.2, 0.25) is 5.95 Å². The first kappa shape index (κ1) is 21.5. The van der Waals surface area contributed by atoms with E-state index in [2.05, 4.69) is 15.0 Å². The lowest BCUT2D eigenvalue weighted by Crippen LogP contribution is -2.46. The summed E-state index contributed by atoms with van der Waals surface area (Å²) in [7, 11) is 0. The molecule has 1 fully saturated rings. The van der Waals surface area contributed by atoms with Gasteiger partial charge in [-0.05, 0) is 44.0 Å². The first-order chi connectivity index (χ1) is 15.0. The minimum atomic E-state index is -0.283. The van der Waals surface area contributed by atoms with Crippen LogP contribution in [-0.2, 0) is 0 Å². The van der Waals surface area contributed by atoms with Crippen LogP contribution < -0.4 is 16.2 Å². The Balaban J connectivity index is 0.00000245. The predicted octanol–water partition coefficient (Wildman–Crippen LogP) is 1.83. The van der Waals surface area contributed by atoms with Crippen molar-refractivity contribution in [2.45, 2.75) is 26.3 Å². The molecule has 1 aliphatic rings. The summed E-state index contributed by atoms with van der Waals surface area (Å²) in [4.78, 5) is 40.2. The van der Waals surface area contributed by atoms with Crippen LogP contribution >= 0.6 is 13.5 Å². The smallest absolute Gasteiger partial charge is 0.284 e. The van der Waals surface area contributed by atoms with Crippen molar-refractivity contribution in [2.75, 3.05) is 17.2 Å². The minimum Gasteiger partial charge on any atom is -0.368 e. The second-order valence-electron chi connectivity index (χ2n) is 7.50. The molecule has 5 heterocycles. The largest absolute Gasteiger partial charge is 0.368 e. The minimum absolute atomic E-state index is 0. The van der Waals surface area contributed by atoms with Crippen LogP contribution in [0.2, 0.25) is 0 Å². The summed E-state index contributed by atoms with van der Waals surface area (Å²) in [5.74, 6) is 1.37. The topological polar surface area (TPSA) is 124 Å². The highest BCUT2D eigenvalue weighted by molar-refractivity contribution is 7.59. The highest BCUT2D eigenvalue weighted by Crippen LogP contribution is 2.38. The molecule has 1 aliphatic heterocycles. The zero-order valence-corrected chi connectivity index (χ0v) is 18.6.